The third kappa shape index (κ3) is 5.54. The topological polar surface area (TPSA) is 59.6 Å². The van der Waals surface area contributed by atoms with E-state index in [0.717, 1.165) is 22.6 Å². The molecule has 0 saturated heterocycles. The minimum absolute atomic E-state index is 0.0879. The summed E-state index contributed by atoms with van der Waals surface area (Å²) in [7, 11) is 0. The number of carbonyl (C=O) groups is 1. The van der Waals surface area contributed by atoms with E-state index in [9.17, 15) is 4.79 Å². The van der Waals surface area contributed by atoms with E-state index in [4.69, 9.17) is 9.47 Å². The fourth-order valence-electron chi connectivity index (χ4n) is 2.21. The SMILES string of the molecule is CCOc1ccc(OCNC(=O)Nc2cc(C)cc(C)c2)cc1. The lowest BCUT2D eigenvalue weighted by molar-refractivity contribution is 0.234. The van der Waals surface area contributed by atoms with E-state index in [0.29, 0.717) is 12.4 Å². The summed E-state index contributed by atoms with van der Waals surface area (Å²) >= 11 is 0. The van der Waals surface area contributed by atoms with E-state index < -0.39 is 0 Å². The van der Waals surface area contributed by atoms with Gasteiger partial charge in [-0.2, -0.15) is 0 Å². The monoisotopic (exact) mass is 314 g/mol. The number of aryl methyl sites for hydroxylation is 2. The zero-order valence-electron chi connectivity index (χ0n) is 13.7. The highest BCUT2D eigenvalue weighted by molar-refractivity contribution is 5.89. The minimum Gasteiger partial charge on any atom is -0.494 e. The molecule has 0 unspecified atom stereocenters. The number of benzene rings is 2. The lowest BCUT2D eigenvalue weighted by atomic mass is 10.1. The Kier molecular flexibility index (Phi) is 5.86. The summed E-state index contributed by atoms with van der Waals surface area (Å²) in [5.41, 5.74) is 2.97. The van der Waals surface area contributed by atoms with Gasteiger partial charge in [-0.1, -0.05) is 6.07 Å². The van der Waals surface area contributed by atoms with Crippen LogP contribution in [0.25, 0.3) is 0 Å². The quantitative estimate of drug-likeness (QED) is 0.796. The summed E-state index contributed by atoms with van der Waals surface area (Å²) < 4.78 is 10.8. The first-order valence-electron chi connectivity index (χ1n) is 7.55. The normalized spacial score (nSPS) is 10.0. The largest absolute Gasteiger partial charge is 0.494 e. The smallest absolute Gasteiger partial charge is 0.321 e. The molecule has 0 aromatic heterocycles. The van der Waals surface area contributed by atoms with Gasteiger partial charge in [0.25, 0.3) is 0 Å². The third-order valence-corrected chi connectivity index (χ3v) is 3.09. The van der Waals surface area contributed by atoms with Crippen LogP contribution in [0.5, 0.6) is 11.5 Å². The molecule has 0 radical (unpaired) electrons. The van der Waals surface area contributed by atoms with Crippen LogP contribution in [0.2, 0.25) is 0 Å². The lowest BCUT2D eigenvalue weighted by Gasteiger charge is -2.11. The number of hydrogen-bond donors (Lipinski definition) is 2. The predicted octanol–water partition coefficient (Wildman–Crippen LogP) is 3.86. The summed E-state index contributed by atoms with van der Waals surface area (Å²) in [5, 5.41) is 5.44. The molecule has 0 atom stereocenters. The molecule has 2 aromatic carbocycles. The van der Waals surface area contributed by atoms with E-state index in [1.807, 2.05) is 45.0 Å². The Hall–Kier alpha value is -2.69. The summed E-state index contributed by atoms with van der Waals surface area (Å²) in [6.45, 7) is 6.63. The van der Waals surface area contributed by atoms with Crippen LogP contribution in [-0.4, -0.2) is 19.4 Å². The van der Waals surface area contributed by atoms with Gasteiger partial charge < -0.3 is 20.1 Å². The van der Waals surface area contributed by atoms with Crippen molar-refractivity contribution in [1.29, 1.82) is 0 Å². The van der Waals surface area contributed by atoms with Crippen molar-refractivity contribution in [2.75, 3.05) is 18.7 Å². The molecule has 0 spiro atoms. The molecular weight excluding hydrogens is 292 g/mol. The van der Waals surface area contributed by atoms with Gasteiger partial charge in [0.15, 0.2) is 6.73 Å². The van der Waals surface area contributed by atoms with Crippen molar-refractivity contribution < 1.29 is 14.3 Å². The molecule has 0 aliphatic carbocycles. The fourth-order valence-corrected chi connectivity index (χ4v) is 2.21. The maximum atomic E-state index is 11.8. The minimum atomic E-state index is -0.305. The average Bonchev–Trinajstić information content (AvgIpc) is 2.48. The molecule has 2 N–H and O–H groups in total. The van der Waals surface area contributed by atoms with Crippen LogP contribution < -0.4 is 20.1 Å². The van der Waals surface area contributed by atoms with Gasteiger partial charge in [-0.15, -0.1) is 0 Å². The highest BCUT2D eigenvalue weighted by Crippen LogP contribution is 2.17. The highest BCUT2D eigenvalue weighted by atomic mass is 16.5. The Bertz CT molecular complexity index is 634. The van der Waals surface area contributed by atoms with Gasteiger partial charge in [-0.3, -0.25) is 0 Å². The van der Waals surface area contributed by atoms with Crippen molar-refractivity contribution in [2.24, 2.45) is 0 Å². The number of rotatable bonds is 6. The van der Waals surface area contributed by atoms with Crippen LogP contribution in [0, 0.1) is 13.8 Å². The molecular formula is C18H22N2O3. The van der Waals surface area contributed by atoms with Crippen molar-refractivity contribution in [3.05, 3.63) is 53.6 Å². The van der Waals surface area contributed by atoms with E-state index in [2.05, 4.69) is 16.7 Å². The van der Waals surface area contributed by atoms with Gasteiger partial charge in [0.1, 0.15) is 11.5 Å². The number of ether oxygens (including phenoxy) is 2. The Morgan fingerprint density at radius 3 is 2.09 bits per heavy atom. The summed E-state index contributed by atoms with van der Waals surface area (Å²) in [6, 6.07) is 12.8. The second-order valence-electron chi connectivity index (χ2n) is 5.20. The second kappa shape index (κ2) is 8.08. The Labute approximate surface area is 136 Å². The predicted molar refractivity (Wildman–Crippen MR) is 91.2 cm³/mol. The molecule has 0 heterocycles. The van der Waals surface area contributed by atoms with Crippen LogP contribution in [0.3, 0.4) is 0 Å². The maximum Gasteiger partial charge on any atom is 0.321 e. The molecule has 122 valence electrons. The molecule has 2 aromatic rings. The number of hydrogen-bond acceptors (Lipinski definition) is 3. The summed E-state index contributed by atoms with van der Waals surface area (Å²) in [4.78, 5) is 11.8. The van der Waals surface area contributed by atoms with Gasteiger partial charge in [0.2, 0.25) is 0 Å². The standard InChI is InChI=1S/C18H22N2O3/c1-4-22-16-5-7-17(8-6-16)23-12-19-18(21)20-15-10-13(2)9-14(3)11-15/h5-11H,4,12H2,1-3H3,(H2,19,20,21). The average molecular weight is 314 g/mol. The van der Waals surface area contributed by atoms with Gasteiger partial charge in [0.05, 0.1) is 6.61 Å². The molecule has 2 amide bonds. The Morgan fingerprint density at radius 2 is 1.52 bits per heavy atom. The van der Waals surface area contributed by atoms with Crippen molar-refractivity contribution in [3.8, 4) is 11.5 Å². The zero-order chi connectivity index (χ0) is 16.7. The van der Waals surface area contributed by atoms with Gasteiger partial charge in [-0.05, 0) is 68.3 Å². The van der Waals surface area contributed by atoms with Crippen LogP contribution >= 0.6 is 0 Å². The first kappa shape index (κ1) is 16.7. The van der Waals surface area contributed by atoms with E-state index in [-0.39, 0.29) is 12.8 Å². The number of anilines is 1. The van der Waals surface area contributed by atoms with Crippen LogP contribution in [0.15, 0.2) is 42.5 Å². The Morgan fingerprint density at radius 1 is 0.957 bits per heavy atom. The van der Waals surface area contributed by atoms with Gasteiger partial charge in [0, 0.05) is 5.69 Å². The maximum absolute atomic E-state index is 11.8. The lowest BCUT2D eigenvalue weighted by Crippen LogP contribution is -2.32. The van der Waals surface area contributed by atoms with Crippen molar-refractivity contribution >= 4 is 11.7 Å². The van der Waals surface area contributed by atoms with E-state index in [1.54, 1.807) is 12.1 Å². The van der Waals surface area contributed by atoms with Crippen molar-refractivity contribution in [2.45, 2.75) is 20.8 Å². The van der Waals surface area contributed by atoms with Crippen molar-refractivity contribution in [1.82, 2.24) is 5.32 Å². The van der Waals surface area contributed by atoms with Crippen LogP contribution in [0.1, 0.15) is 18.1 Å². The van der Waals surface area contributed by atoms with Gasteiger partial charge >= 0.3 is 6.03 Å². The van der Waals surface area contributed by atoms with Gasteiger partial charge in [-0.25, -0.2) is 4.79 Å². The molecule has 0 bridgehead atoms. The summed E-state index contributed by atoms with van der Waals surface area (Å²) in [5.74, 6) is 1.46. The number of amides is 2. The number of carbonyl (C=O) groups excluding carboxylic acids is 1. The van der Waals surface area contributed by atoms with Crippen LogP contribution in [-0.2, 0) is 0 Å². The molecule has 5 heteroatoms. The Balaban J connectivity index is 1.78. The molecule has 2 rings (SSSR count). The second-order valence-corrected chi connectivity index (χ2v) is 5.20. The zero-order valence-corrected chi connectivity index (χ0v) is 13.7. The summed E-state index contributed by atoms with van der Waals surface area (Å²) in [6.07, 6.45) is 0. The number of urea groups is 1. The number of nitrogens with one attached hydrogen (secondary N) is 2. The molecule has 0 aliphatic heterocycles. The molecule has 0 fully saturated rings. The third-order valence-electron chi connectivity index (χ3n) is 3.09. The van der Waals surface area contributed by atoms with Crippen LogP contribution in [0.4, 0.5) is 10.5 Å². The van der Waals surface area contributed by atoms with E-state index in [1.165, 1.54) is 0 Å². The fraction of sp³-hybridized carbons (Fsp3) is 0.278. The molecule has 0 aliphatic rings. The molecule has 23 heavy (non-hydrogen) atoms. The first-order chi connectivity index (χ1) is 11.1. The molecule has 0 saturated carbocycles. The highest BCUT2D eigenvalue weighted by Gasteiger charge is 2.03. The molecule has 5 nitrogen and oxygen atoms in total. The van der Waals surface area contributed by atoms with Crippen molar-refractivity contribution in [3.63, 3.8) is 0 Å². The van der Waals surface area contributed by atoms with E-state index >= 15 is 0 Å². The first-order valence-corrected chi connectivity index (χ1v) is 7.55.